The number of fused-ring (bicyclic) bond motifs is 1. The van der Waals surface area contributed by atoms with Gasteiger partial charge in [-0.1, -0.05) is 11.6 Å². The molecule has 0 saturated carbocycles. The molecular formula is C21H33ClIN3O4. The Morgan fingerprint density at radius 2 is 2.00 bits per heavy atom. The molecule has 0 amide bonds. The van der Waals surface area contributed by atoms with Crippen molar-refractivity contribution in [2.24, 2.45) is 4.99 Å². The Hall–Kier alpha value is -0.970. The molecule has 0 aliphatic carbocycles. The monoisotopic (exact) mass is 553 g/mol. The van der Waals surface area contributed by atoms with Crippen molar-refractivity contribution in [2.45, 2.75) is 38.8 Å². The van der Waals surface area contributed by atoms with Crippen LogP contribution < -0.4 is 14.8 Å². The highest BCUT2D eigenvalue weighted by Crippen LogP contribution is 2.38. The number of hydrogen-bond donors (Lipinski definition) is 1. The van der Waals surface area contributed by atoms with E-state index in [-0.39, 0.29) is 24.0 Å². The second-order valence-electron chi connectivity index (χ2n) is 7.18. The first kappa shape index (κ1) is 25.3. The number of ether oxygens (including phenoxy) is 4. The van der Waals surface area contributed by atoms with Crippen LogP contribution in [0, 0.1) is 0 Å². The topological polar surface area (TPSA) is 64.6 Å². The van der Waals surface area contributed by atoms with Gasteiger partial charge in [-0.3, -0.25) is 0 Å². The lowest BCUT2D eigenvalue weighted by Crippen LogP contribution is -2.47. The van der Waals surface area contributed by atoms with Gasteiger partial charge in [0, 0.05) is 40.0 Å². The number of rotatable bonds is 8. The van der Waals surface area contributed by atoms with Gasteiger partial charge in [-0.15, -0.1) is 24.0 Å². The van der Waals surface area contributed by atoms with Gasteiger partial charge in [0.1, 0.15) is 13.2 Å². The second kappa shape index (κ2) is 13.4. The van der Waals surface area contributed by atoms with Gasteiger partial charge >= 0.3 is 0 Å². The van der Waals surface area contributed by atoms with Gasteiger partial charge in [-0.05, 0) is 43.9 Å². The second-order valence-corrected chi connectivity index (χ2v) is 7.58. The predicted molar refractivity (Wildman–Crippen MR) is 130 cm³/mol. The van der Waals surface area contributed by atoms with Crippen molar-refractivity contribution in [2.75, 3.05) is 53.2 Å². The summed E-state index contributed by atoms with van der Waals surface area (Å²) in [4.78, 5) is 7.13. The van der Waals surface area contributed by atoms with E-state index < -0.39 is 0 Å². The van der Waals surface area contributed by atoms with Crippen molar-refractivity contribution < 1.29 is 18.9 Å². The highest BCUT2D eigenvalue weighted by Gasteiger charge is 2.22. The van der Waals surface area contributed by atoms with Crippen LogP contribution in [-0.4, -0.2) is 70.1 Å². The third kappa shape index (κ3) is 7.32. The lowest BCUT2D eigenvalue weighted by molar-refractivity contribution is 0.00990. The van der Waals surface area contributed by atoms with Crippen molar-refractivity contribution in [1.29, 1.82) is 0 Å². The highest BCUT2D eigenvalue weighted by molar-refractivity contribution is 14.0. The molecule has 3 rings (SSSR count). The van der Waals surface area contributed by atoms with Gasteiger partial charge in [-0.25, -0.2) is 4.99 Å². The molecule has 0 aromatic heterocycles. The normalized spacial score (nSPS) is 16.9. The summed E-state index contributed by atoms with van der Waals surface area (Å²) >= 11 is 6.35. The molecule has 1 saturated heterocycles. The van der Waals surface area contributed by atoms with Gasteiger partial charge in [0.15, 0.2) is 17.5 Å². The Labute approximate surface area is 201 Å². The van der Waals surface area contributed by atoms with Crippen LogP contribution in [0.1, 0.15) is 31.7 Å². The molecule has 2 aliphatic heterocycles. The summed E-state index contributed by atoms with van der Waals surface area (Å²) in [5.41, 5.74) is 1.01. The number of guanidine groups is 1. The molecule has 2 heterocycles. The molecule has 0 atom stereocenters. The summed E-state index contributed by atoms with van der Waals surface area (Å²) in [6, 6.07) is 3.87. The third-order valence-corrected chi connectivity index (χ3v) is 5.27. The highest BCUT2D eigenvalue weighted by atomic mass is 127. The Balaban J connectivity index is 0.00000320. The lowest BCUT2D eigenvalue weighted by Gasteiger charge is -2.34. The van der Waals surface area contributed by atoms with E-state index in [4.69, 9.17) is 35.5 Å². The van der Waals surface area contributed by atoms with Gasteiger partial charge in [0.2, 0.25) is 0 Å². The zero-order chi connectivity index (χ0) is 20.5. The number of hydrogen-bond acceptors (Lipinski definition) is 5. The quantitative estimate of drug-likeness (QED) is 0.229. The van der Waals surface area contributed by atoms with E-state index in [1.54, 1.807) is 7.11 Å². The number of halogens is 2. The SMILES string of the molecule is CCNC(=NCc1cc(Cl)c2c(c1)OCCO2)N1CCC(OCCCOC)CC1.I. The van der Waals surface area contributed by atoms with Crippen molar-refractivity contribution in [3.05, 3.63) is 22.7 Å². The molecule has 0 radical (unpaired) electrons. The molecule has 170 valence electrons. The molecule has 0 bridgehead atoms. The lowest BCUT2D eigenvalue weighted by atomic mass is 10.1. The molecule has 7 nitrogen and oxygen atoms in total. The summed E-state index contributed by atoms with van der Waals surface area (Å²) in [6.07, 6.45) is 3.28. The van der Waals surface area contributed by atoms with Crippen LogP contribution in [0.5, 0.6) is 11.5 Å². The van der Waals surface area contributed by atoms with Crippen LogP contribution in [0.3, 0.4) is 0 Å². The van der Waals surface area contributed by atoms with Crippen molar-refractivity contribution >= 4 is 41.5 Å². The molecular weight excluding hydrogens is 521 g/mol. The number of methoxy groups -OCH3 is 1. The van der Waals surface area contributed by atoms with Crippen molar-refractivity contribution in [3.63, 3.8) is 0 Å². The maximum atomic E-state index is 6.35. The van der Waals surface area contributed by atoms with Gasteiger partial charge in [0.25, 0.3) is 0 Å². The maximum Gasteiger partial charge on any atom is 0.194 e. The average Bonchev–Trinajstić information content (AvgIpc) is 2.75. The van der Waals surface area contributed by atoms with Gasteiger partial charge in [0.05, 0.1) is 17.7 Å². The Bertz CT molecular complexity index is 684. The van der Waals surface area contributed by atoms with E-state index in [2.05, 4.69) is 17.1 Å². The van der Waals surface area contributed by atoms with E-state index in [1.165, 1.54) is 0 Å². The van der Waals surface area contributed by atoms with Crippen LogP contribution in [0.25, 0.3) is 0 Å². The van der Waals surface area contributed by atoms with Crippen molar-refractivity contribution in [1.82, 2.24) is 10.2 Å². The third-order valence-electron chi connectivity index (χ3n) is 4.99. The Morgan fingerprint density at radius 1 is 1.23 bits per heavy atom. The number of benzene rings is 1. The molecule has 1 fully saturated rings. The zero-order valence-electron chi connectivity index (χ0n) is 17.8. The first-order valence-electron chi connectivity index (χ1n) is 10.4. The maximum absolute atomic E-state index is 6.35. The largest absolute Gasteiger partial charge is 0.486 e. The Kier molecular flexibility index (Phi) is 11.3. The molecule has 0 unspecified atom stereocenters. The fourth-order valence-corrected chi connectivity index (χ4v) is 3.82. The molecule has 9 heteroatoms. The molecule has 0 spiro atoms. The number of nitrogens with zero attached hydrogens (tertiary/aromatic N) is 2. The molecule has 2 aliphatic rings. The standard InChI is InChI=1S/C21H32ClN3O4.HI/c1-3-23-21(25-7-5-17(6-8-25)27-10-4-9-26-2)24-15-16-13-18(22)20-19(14-16)28-11-12-29-20;/h13-14,17H,3-12,15H2,1-2H3,(H,23,24);1H. The number of piperidine rings is 1. The fourth-order valence-electron chi connectivity index (χ4n) is 3.54. The van der Waals surface area contributed by atoms with E-state index in [9.17, 15) is 0 Å². The fraction of sp³-hybridized carbons (Fsp3) is 0.667. The summed E-state index contributed by atoms with van der Waals surface area (Å²) in [6.45, 7) is 7.90. The Morgan fingerprint density at radius 3 is 2.73 bits per heavy atom. The summed E-state index contributed by atoms with van der Waals surface area (Å²) in [5.74, 6) is 2.26. The minimum absolute atomic E-state index is 0. The molecule has 1 aromatic carbocycles. The number of aliphatic imine (C=N–C) groups is 1. The minimum atomic E-state index is 0. The van der Waals surface area contributed by atoms with Crippen LogP contribution in [0.15, 0.2) is 17.1 Å². The number of nitrogens with one attached hydrogen (secondary N) is 1. The predicted octanol–water partition coefficient (Wildman–Crippen LogP) is 3.71. The van der Waals surface area contributed by atoms with Crippen molar-refractivity contribution in [3.8, 4) is 11.5 Å². The first-order chi connectivity index (χ1) is 14.2. The van der Waals surface area contributed by atoms with E-state index in [0.717, 1.165) is 63.6 Å². The minimum Gasteiger partial charge on any atom is -0.486 e. The van der Waals surface area contributed by atoms with Crippen LogP contribution in [-0.2, 0) is 16.0 Å². The molecule has 30 heavy (non-hydrogen) atoms. The first-order valence-corrected chi connectivity index (χ1v) is 10.8. The summed E-state index contributed by atoms with van der Waals surface area (Å²) in [7, 11) is 1.72. The summed E-state index contributed by atoms with van der Waals surface area (Å²) < 4.78 is 22.3. The van der Waals surface area contributed by atoms with Crippen LogP contribution in [0.2, 0.25) is 5.02 Å². The smallest absolute Gasteiger partial charge is 0.194 e. The molecule has 1 aromatic rings. The summed E-state index contributed by atoms with van der Waals surface area (Å²) in [5, 5.41) is 3.98. The van der Waals surface area contributed by atoms with E-state index in [1.807, 2.05) is 12.1 Å². The van der Waals surface area contributed by atoms with E-state index >= 15 is 0 Å². The van der Waals surface area contributed by atoms with E-state index in [0.29, 0.717) is 42.4 Å². The number of likely N-dealkylation sites (tertiary alicyclic amines) is 1. The van der Waals surface area contributed by atoms with Gasteiger partial charge < -0.3 is 29.2 Å². The molecule has 1 N–H and O–H groups in total. The van der Waals surface area contributed by atoms with Crippen LogP contribution >= 0.6 is 35.6 Å². The van der Waals surface area contributed by atoms with Gasteiger partial charge in [-0.2, -0.15) is 0 Å². The van der Waals surface area contributed by atoms with Crippen LogP contribution in [0.4, 0.5) is 0 Å². The average molecular weight is 554 g/mol. The zero-order valence-corrected chi connectivity index (χ0v) is 20.9.